The minimum Gasteiger partial charge on any atom is -0.481 e. The standard InChI is InChI=1S/C26H42O4/c1-5-17-21-14-16(27)10-12-26(21,4)20-11-13-25(3)18(15(2)6-9-22(28)29)7-8-19(25)23(20)24(17)30/h15-21,23,27H,5-14H2,1-4H3,(H,28,29)/t15-,16-,17-,18-,19?,20?,21+,23?,25-,26-/m1/s1/i5D2. The Morgan fingerprint density at radius 1 is 1.13 bits per heavy atom. The molecule has 4 heteroatoms. The number of carboxylic acid groups (broad SMARTS) is 1. The van der Waals surface area contributed by atoms with Crippen molar-refractivity contribution in [3.05, 3.63) is 0 Å². The molecule has 10 atom stereocenters. The lowest BCUT2D eigenvalue weighted by molar-refractivity contribution is -0.173. The van der Waals surface area contributed by atoms with Gasteiger partial charge in [0.25, 0.3) is 0 Å². The molecule has 4 aliphatic carbocycles. The smallest absolute Gasteiger partial charge is 0.303 e. The molecule has 4 aliphatic rings. The van der Waals surface area contributed by atoms with E-state index in [-0.39, 0.29) is 46.7 Å². The Labute approximate surface area is 185 Å². The normalized spacial score (nSPS) is 50.6. The molecule has 3 unspecified atom stereocenters. The molecule has 0 radical (unpaired) electrons. The van der Waals surface area contributed by atoms with Crippen LogP contribution in [0.4, 0.5) is 0 Å². The summed E-state index contributed by atoms with van der Waals surface area (Å²) in [6.45, 7) is 8.37. The van der Waals surface area contributed by atoms with Gasteiger partial charge in [0.05, 0.1) is 6.10 Å². The van der Waals surface area contributed by atoms with Crippen LogP contribution in [0.3, 0.4) is 0 Å². The lowest BCUT2D eigenvalue weighted by atomic mass is 9.42. The first-order valence-electron chi connectivity index (χ1n) is 13.2. The summed E-state index contributed by atoms with van der Waals surface area (Å²) in [6, 6.07) is 0. The van der Waals surface area contributed by atoms with Gasteiger partial charge in [-0.1, -0.05) is 27.7 Å². The minimum atomic E-state index is -1.59. The average molecular weight is 421 g/mol. The van der Waals surface area contributed by atoms with Gasteiger partial charge in [-0.2, -0.15) is 0 Å². The fraction of sp³-hybridized carbons (Fsp3) is 0.923. The van der Waals surface area contributed by atoms with Crippen molar-refractivity contribution in [1.82, 2.24) is 0 Å². The van der Waals surface area contributed by atoms with E-state index in [1.165, 1.54) is 0 Å². The zero-order valence-electron chi connectivity index (χ0n) is 21.2. The van der Waals surface area contributed by atoms with Crippen molar-refractivity contribution in [2.24, 2.45) is 52.3 Å². The van der Waals surface area contributed by atoms with Gasteiger partial charge in [0.1, 0.15) is 5.78 Å². The van der Waals surface area contributed by atoms with Crippen LogP contribution in [0.25, 0.3) is 0 Å². The van der Waals surface area contributed by atoms with Gasteiger partial charge in [0.15, 0.2) is 0 Å². The monoisotopic (exact) mass is 420 g/mol. The van der Waals surface area contributed by atoms with Crippen molar-refractivity contribution >= 4 is 11.8 Å². The van der Waals surface area contributed by atoms with Crippen LogP contribution in [0.1, 0.15) is 94.6 Å². The van der Waals surface area contributed by atoms with Gasteiger partial charge in [0, 0.05) is 21.0 Å². The summed E-state index contributed by atoms with van der Waals surface area (Å²) in [6.07, 6.45) is 5.13. The highest BCUT2D eigenvalue weighted by molar-refractivity contribution is 5.86. The maximum absolute atomic E-state index is 14.1. The number of Topliss-reactive ketones (excluding diaryl/α,β-unsaturated/α-hetero) is 1. The summed E-state index contributed by atoms with van der Waals surface area (Å²) >= 11 is 0. The first-order chi connectivity index (χ1) is 14.8. The SMILES string of the molecule is [2H]C([2H])(C)[C@H]1C(=O)C2C3CC[C@H]([C@H](C)CCC(=O)O)[C@@]3(C)CCC2[C@@]2(C)CC[C@@H](O)C[C@@H]12. The fourth-order valence-corrected chi connectivity index (χ4v) is 8.87. The Balaban J connectivity index is 1.68. The van der Waals surface area contributed by atoms with E-state index < -0.39 is 24.4 Å². The van der Waals surface area contributed by atoms with Crippen LogP contribution in [-0.2, 0) is 9.59 Å². The Kier molecular flexibility index (Phi) is 5.21. The van der Waals surface area contributed by atoms with E-state index >= 15 is 0 Å². The highest BCUT2D eigenvalue weighted by Gasteiger charge is 2.65. The second kappa shape index (κ2) is 7.90. The Bertz CT molecular complexity index is 763. The number of carbonyl (C=O) groups is 2. The second-order valence-electron chi connectivity index (χ2n) is 11.6. The molecule has 0 bridgehead atoms. The molecular weight excluding hydrogens is 376 g/mol. The molecule has 0 saturated heterocycles. The second-order valence-corrected chi connectivity index (χ2v) is 11.6. The third-order valence-electron chi connectivity index (χ3n) is 10.4. The largest absolute Gasteiger partial charge is 0.481 e. The van der Waals surface area contributed by atoms with Crippen LogP contribution >= 0.6 is 0 Å². The Morgan fingerprint density at radius 2 is 1.80 bits per heavy atom. The first kappa shape index (κ1) is 19.8. The molecule has 4 rings (SSSR count). The number of fused-ring (bicyclic) bond motifs is 5. The number of aliphatic carboxylic acids is 1. The highest BCUT2D eigenvalue weighted by atomic mass is 16.4. The molecule has 0 heterocycles. The summed E-state index contributed by atoms with van der Waals surface area (Å²) in [4.78, 5) is 25.2. The van der Waals surface area contributed by atoms with Gasteiger partial charge in [-0.05, 0) is 98.2 Å². The Hall–Kier alpha value is -0.900. The van der Waals surface area contributed by atoms with E-state index in [0.29, 0.717) is 24.7 Å². The molecule has 30 heavy (non-hydrogen) atoms. The van der Waals surface area contributed by atoms with Crippen molar-refractivity contribution < 1.29 is 22.5 Å². The van der Waals surface area contributed by atoms with Crippen LogP contribution < -0.4 is 0 Å². The number of hydrogen-bond donors (Lipinski definition) is 2. The third-order valence-corrected chi connectivity index (χ3v) is 10.4. The quantitative estimate of drug-likeness (QED) is 0.631. The lowest BCUT2D eigenvalue weighted by Crippen LogP contribution is -2.60. The van der Waals surface area contributed by atoms with Gasteiger partial charge in [-0.15, -0.1) is 0 Å². The topological polar surface area (TPSA) is 74.6 Å². The number of carbonyl (C=O) groups excluding carboxylic acids is 1. The summed E-state index contributed by atoms with van der Waals surface area (Å²) in [5.74, 6) is -0.164. The zero-order valence-corrected chi connectivity index (χ0v) is 19.2. The van der Waals surface area contributed by atoms with Gasteiger partial charge in [0.2, 0.25) is 0 Å². The molecule has 0 aromatic carbocycles. The van der Waals surface area contributed by atoms with E-state index in [4.69, 9.17) is 7.85 Å². The number of hydrogen-bond acceptors (Lipinski definition) is 3. The molecule has 170 valence electrons. The Morgan fingerprint density at radius 3 is 2.47 bits per heavy atom. The van der Waals surface area contributed by atoms with Crippen LogP contribution in [0.5, 0.6) is 0 Å². The van der Waals surface area contributed by atoms with E-state index in [1.54, 1.807) is 6.92 Å². The summed E-state index contributed by atoms with van der Waals surface area (Å²) < 4.78 is 17.2. The predicted octanol–water partition coefficient (Wildman–Crippen LogP) is 5.32. The third kappa shape index (κ3) is 3.27. The van der Waals surface area contributed by atoms with Crippen molar-refractivity contribution in [2.75, 3.05) is 0 Å². The van der Waals surface area contributed by atoms with Gasteiger partial charge < -0.3 is 10.2 Å². The maximum atomic E-state index is 14.1. The van der Waals surface area contributed by atoms with E-state index in [9.17, 15) is 14.7 Å². The van der Waals surface area contributed by atoms with Crippen molar-refractivity contribution in [3.63, 3.8) is 0 Å². The number of carboxylic acids is 1. The van der Waals surface area contributed by atoms with Crippen LogP contribution in [0, 0.1) is 52.3 Å². The zero-order chi connectivity index (χ0) is 23.6. The molecule has 4 fully saturated rings. The molecule has 2 N–H and O–H groups in total. The molecule has 0 aromatic rings. The first-order valence-corrected chi connectivity index (χ1v) is 12.2. The highest BCUT2D eigenvalue weighted by Crippen LogP contribution is 2.68. The number of aliphatic hydroxyl groups is 1. The molecule has 4 nitrogen and oxygen atoms in total. The van der Waals surface area contributed by atoms with Crippen LogP contribution in [0.2, 0.25) is 0 Å². The number of rotatable bonds is 5. The van der Waals surface area contributed by atoms with Crippen LogP contribution in [-0.4, -0.2) is 28.1 Å². The number of aliphatic hydroxyl groups excluding tert-OH is 1. The molecular formula is C26H42O4. The summed E-state index contributed by atoms with van der Waals surface area (Å²) in [5.41, 5.74) is -0.0721. The summed E-state index contributed by atoms with van der Waals surface area (Å²) in [7, 11) is 0. The van der Waals surface area contributed by atoms with E-state index in [1.807, 2.05) is 0 Å². The minimum absolute atomic E-state index is 0.0249. The van der Waals surface area contributed by atoms with Gasteiger partial charge in [-0.25, -0.2) is 0 Å². The lowest BCUT2D eigenvalue weighted by Gasteiger charge is -2.62. The van der Waals surface area contributed by atoms with Crippen LogP contribution in [0.15, 0.2) is 0 Å². The maximum Gasteiger partial charge on any atom is 0.303 e. The summed E-state index contributed by atoms with van der Waals surface area (Å²) in [5, 5.41) is 19.6. The van der Waals surface area contributed by atoms with Crippen molar-refractivity contribution in [1.29, 1.82) is 0 Å². The van der Waals surface area contributed by atoms with Crippen molar-refractivity contribution in [3.8, 4) is 0 Å². The molecule has 0 spiro atoms. The predicted molar refractivity (Wildman–Crippen MR) is 117 cm³/mol. The molecule has 0 aromatic heterocycles. The fourth-order valence-electron chi connectivity index (χ4n) is 8.87. The van der Waals surface area contributed by atoms with Crippen molar-refractivity contribution in [2.45, 2.75) is 98.0 Å². The molecule has 4 saturated carbocycles. The van der Waals surface area contributed by atoms with Gasteiger partial charge in [-0.3, -0.25) is 9.59 Å². The van der Waals surface area contributed by atoms with Gasteiger partial charge >= 0.3 is 5.97 Å². The molecule has 0 aliphatic heterocycles. The number of ketones is 1. The van der Waals surface area contributed by atoms with E-state index in [0.717, 1.165) is 38.5 Å². The molecule has 0 amide bonds. The van der Waals surface area contributed by atoms with E-state index in [2.05, 4.69) is 20.8 Å². The average Bonchev–Trinajstić information content (AvgIpc) is 3.03.